The molecule has 0 amide bonds. The lowest BCUT2D eigenvalue weighted by molar-refractivity contribution is -0.136. The minimum absolute atomic E-state index is 0.0646. The van der Waals surface area contributed by atoms with Crippen molar-refractivity contribution >= 4 is 0 Å². The van der Waals surface area contributed by atoms with Crippen molar-refractivity contribution in [3.8, 4) is 5.75 Å². The van der Waals surface area contributed by atoms with Crippen LogP contribution >= 0.6 is 0 Å². The van der Waals surface area contributed by atoms with E-state index in [9.17, 15) is 13.2 Å². The van der Waals surface area contributed by atoms with Gasteiger partial charge in [0.25, 0.3) is 0 Å². The van der Waals surface area contributed by atoms with E-state index in [2.05, 4.69) is 0 Å². The molecule has 0 aromatic heterocycles. The molecule has 0 bridgehead atoms. The number of halogens is 3. The van der Waals surface area contributed by atoms with Crippen molar-refractivity contribution in [3.05, 3.63) is 29.8 Å². The molecule has 1 atom stereocenters. The third-order valence-corrected chi connectivity index (χ3v) is 2.42. The highest BCUT2D eigenvalue weighted by Gasteiger charge is 2.27. The predicted molar refractivity (Wildman–Crippen MR) is 64.4 cm³/mol. The fraction of sp³-hybridized carbons (Fsp3) is 0.538. The number of benzene rings is 1. The lowest BCUT2D eigenvalue weighted by Crippen LogP contribution is -2.15. The second-order valence-electron chi connectivity index (χ2n) is 4.50. The van der Waals surface area contributed by atoms with Crippen molar-refractivity contribution in [2.24, 2.45) is 5.73 Å². The van der Waals surface area contributed by atoms with Gasteiger partial charge in [-0.1, -0.05) is 12.1 Å². The Morgan fingerprint density at radius 2 is 1.72 bits per heavy atom. The van der Waals surface area contributed by atoms with Gasteiger partial charge in [-0.25, -0.2) is 0 Å². The van der Waals surface area contributed by atoms with E-state index >= 15 is 0 Å². The number of nitrogens with two attached hydrogens (primary N) is 1. The molecule has 0 aliphatic carbocycles. The molecule has 5 heteroatoms. The van der Waals surface area contributed by atoms with Gasteiger partial charge in [0.2, 0.25) is 0 Å². The maximum atomic E-state index is 12.1. The zero-order chi connectivity index (χ0) is 13.8. The van der Waals surface area contributed by atoms with Crippen molar-refractivity contribution in [2.75, 3.05) is 0 Å². The van der Waals surface area contributed by atoms with Crippen LogP contribution in [0.25, 0.3) is 0 Å². The Morgan fingerprint density at radius 3 is 2.17 bits per heavy atom. The molecule has 0 saturated carbocycles. The molecule has 2 nitrogen and oxygen atoms in total. The summed E-state index contributed by atoms with van der Waals surface area (Å²) in [7, 11) is 0. The summed E-state index contributed by atoms with van der Waals surface area (Å²) in [4.78, 5) is 0. The number of ether oxygens (including phenoxy) is 1. The molecule has 0 radical (unpaired) electrons. The Morgan fingerprint density at radius 1 is 1.17 bits per heavy atom. The quantitative estimate of drug-likeness (QED) is 0.874. The molecule has 2 N–H and O–H groups in total. The van der Waals surface area contributed by atoms with Gasteiger partial charge in [-0.2, -0.15) is 13.2 Å². The highest BCUT2D eigenvalue weighted by atomic mass is 19.4. The van der Waals surface area contributed by atoms with Crippen LogP contribution in [0.3, 0.4) is 0 Å². The second kappa shape index (κ2) is 6.09. The van der Waals surface area contributed by atoms with Crippen LogP contribution in [0.15, 0.2) is 24.3 Å². The Labute approximate surface area is 105 Å². The molecule has 1 aromatic carbocycles. The minimum Gasteiger partial charge on any atom is -0.491 e. The Hall–Kier alpha value is -1.23. The van der Waals surface area contributed by atoms with E-state index in [4.69, 9.17) is 10.5 Å². The van der Waals surface area contributed by atoms with Gasteiger partial charge in [-0.3, -0.25) is 0 Å². The fourth-order valence-corrected chi connectivity index (χ4v) is 1.55. The van der Waals surface area contributed by atoms with E-state index in [0.29, 0.717) is 11.3 Å². The maximum Gasteiger partial charge on any atom is 0.389 e. The minimum atomic E-state index is -4.15. The summed E-state index contributed by atoms with van der Waals surface area (Å²) in [5.74, 6) is 0.691. The topological polar surface area (TPSA) is 35.2 Å². The van der Waals surface area contributed by atoms with E-state index in [1.165, 1.54) is 0 Å². The van der Waals surface area contributed by atoms with Crippen LogP contribution in [-0.4, -0.2) is 12.3 Å². The first-order valence-corrected chi connectivity index (χ1v) is 5.87. The van der Waals surface area contributed by atoms with Crippen LogP contribution in [0.4, 0.5) is 13.2 Å². The first kappa shape index (κ1) is 14.8. The van der Waals surface area contributed by atoms with Crippen LogP contribution in [0.5, 0.6) is 5.75 Å². The van der Waals surface area contributed by atoms with Crippen molar-refractivity contribution in [1.82, 2.24) is 0 Å². The van der Waals surface area contributed by atoms with Crippen molar-refractivity contribution in [2.45, 2.75) is 45.0 Å². The summed E-state index contributed by atoms with van der Waals surface area (Å²) in [6.45, 7) is 3.81. The molecule has 102 valence electrons. The van der Waals surface area contributed by atoms with E-state index in [0.717, 1.165) is 0 Å². The summed E-state index contributed by atoms with van der Waals surface area (Å²) in [5.41, 5.74) is 6.40. The van der Waals surface area contributed by atoms with Crippen LogP contribution in [0.1, 0.15) is 38.3 Å². The van der Waals surface area contributed by atoms with Gasteiger partial charge in [0.1, 0.15) is 5.75 Å². The third-order valence-electron chi connectivity index (χ3n) is 2.42. The molecule has 0 unspecified atom stereocenters. The van der Waals surface area contributed by atoms with E-state index < -0.39 is 18.6 Å². The number of hydrogen-bond donors (Lipinski definition) is 1. The van der Waals surface area contributed by atoms with E-state index in [1.54, 1.807) is 24.3 Å². The molecule has 1 rings (SSSR count). The zero-order valence-corrected chi connectivity index (χ0v) is 10.5. The highest BCUT2D eigenvalue weighted by Crippen LogP contribution is 2.27. The van der Waals surface area contributed by atoms with Crippen molar-refractivity contribution < 1.29 is 17.9 Å². The van der Waals surface area contributed by atoms with Crippen LogP contribution in [0.2, 0.25) is 0 Å². The Balaban J connectivity index is 2.56. The molecule has 18 heavy (non-hydrogen) atoms. The molecule has 0 saturated heterocycles. The fourth-order valence-electron chi connectivity index (χ4n) is 1.55. The van der Waals surface area contributed by atoms with Crippen LogP contribution in [0, 0.1) is 0 Å². The van der Waals surface area contributed by atoms with Gasteiger partial charge in [0, 0.05) is 12.5 Å². The second-order valence-corrected chi connectivity index (χ2v) is 4.50. The molecule has 0 aliphatic heterocycles. The summed E-state index contributed by atoms with van der Waals surface area (Å²) >= 11 is 0. The standard InChI is InChI=1S/C13H18F3NO/c1-9(2)18-11-5-3-10(4-6-11)12(17)7-8-13(14,15)16/h3-6,9,12H,7-8,17H2,1-2H3/t12-/m1/s1. The largest absolute Gasteiger partial charge is 0.491 e. The van der Waals surface area contributed by atoms with Crippen LogP contribution < -0.4 is 10.5 Å². The molecule has 0 heterocycles. The van der Waals surface area contributed by atoms with Gasteiger partial charge in [0.15, 0.2) is 0 Å². The average molecular weight is 261 g/mol. The summed E-state index contributed by atoms with van der Waals surface area (Å²) < 4.78 is 41.6. The SMILES string of the molecule is CC(C)Oc1ccc([C@H](N)CCC(F)(F)F)cc1. The van der Waals surface area contributed by atoms with Crippen molar-refractivity contribution in [1.29, 1.82) is 0 Å². The normalized spacial score (nSPS) is 13.7. The number of rotatable bonds is 5. The van der Waals surface area contributed by atoms with Gasteiger partial charge in [-0.15, -0.1) is 0 Å². The Bertz CT molecular complexity index is 359. The number of alkyl halides is 3. The number of hydrogen-bond acceptors (Lipinski definition) is 2. The maximum absolute atomic E-state index is 12.1. The average Bonchev–Trinajstić information content (AvgIpc) is 2.25. The molecule has 0 aliphatic rings. The van der Waals surface area contributed by atoms with Gasteiger partial charge < -0.3 is 10.5 Å². The molecular formula is C13H18F3NO. The lowest BCUT2D eigenvalue weighted by Gasteiger charge is -2.15. The third kappa shape index (κ3) is 5.40. The summed E-state index contributed by atoms with van der Waals surface area (Å²) in [6, 6.07) is 6.27. The molecule has 1 aromatic rings. The molecule has 0 spiro atoms. The monoisotopic (exact) mass is 261 g/mol. The Kier molecular flexibility index (Phi) is 5.02. The van der Waals surface area contributed by atoms with Gasteiger partial charge >= 0.3 is 6.18 Å². The summed E-state index contributed by atoms with van der Waals surface area (Å²) in [5, 5.41) is 0. The van der Waals surface area contributed by atoms with Crippen LogP contribution in [-0.2, 0) is 0 Å². The molecular weight excluding hydrogens is 243 g/mol. The van der Waals surface area contributed by atoms with E-state index in [-0.39, 0.29) is 12.5 Å². The lowest BCUT2D eigenvalue weighted by atomic mass is 10.0. The smallest absolute Gasteiger partial charge is 0.389 e. The zero-order valence-electron chi connectivity index (χ0n) is 10.5. The molecule has 0 fully saturated rings. The predicted octanol–water partition coefficient (Wildman–Crippen LogP) is 3.82. The van der Waals surface area contributed by atoms with Gasteiger partial charge in [-0.05, 0) is 38.0 Å². The first-order valence-electron chi connectivity index (χ1n) is 5.87. The van der Waals surface area contributed by atoms with Gasteiger partial charge in [0.05, 0.1) is 6.10 Å². The summed E-state index contributed by atoms with van der Waals surface area (Å²) in [6.07, 6.45) is -5.06. The van der Waals surface area contributed by atoms with E-state index in [1.807, 2.05) is 13.8 Å². The van der Waals surface area contributed by atoms with Crippen molar-refractivity contribution in [3.63, 3.8) is 0 Å². The highest BCUT2D eigenvalue weighted by molar-refractivity contribution is 5.29. The first-order chi connectivity index (χ1) is 8.28.